The molecule has 0 aliphatic carbocycles. The van der Waals surface area contributed by atoms with Gasteiger partial charge in [-0.05, 0) is 6.42 Å². The highest BCUT2D eigenvalue weighted by atomic mass is 35.5. The van der Waals surface area contributed by atoms with Crippen LogP contribution in [0.4, 0.5) is 0 Å². The SMILES string of the molecule is CCCCCCCC(=O)[N+](C)(C)Cc1ccccc1.[Cl-]. The lowest BCUT2D eigenvalue weighted by molar-refractivity contribution is -0.828. The van der Waals surface area contributed by atoms with Crippen molar-refractivity contribution in [2.45, 2.75) is 52.0 Å². The first-order chi connectivity index (χ1) is 9.06. The number of hydrogen-bond acceptors (Lipinski definition) is 1. The van der Waals surface area contributed by atoms with Crippen LogP contribution in [0, 0.1) is 0 Å². The molecule has 0 bridgehead atoms. The van der Waals surface area contributed by atoms with Gasteiger partial charge in [-0.15, -0.1) is 0 Å². The van der Waals surface area contributed by atoms with E-state index in [0.717, 1.165) is 13.0 Å². The van der Waals surface area contributed by atoms with Crippen molar-refractivity contribution in [2.75, 3.05) is 14.1 Å². The molecule has 1 rings (SSSR count). The van der Waals surface area contributed by atoms with Crippen molar-refractivity contribution in [2.24, 2.45) is 0 Å². The van der Waals surface area contributed by atoms with E-state index in [9.17, 15) is 4.79 Å². The number of carbonyl (C=O) groups excluding carboxylic acids is 1. The lowest BCUT2D eigenvalue weighted by Crippen LogP contribution is -3.00. The van der Waals surface area contributed by atoms with E-state index in [2.05, 4.69) is 19.1 Å². The Labute approximate surface area is 130 Å². The van der Waals surface area contributed by atoms with Gasteiger partial charge in [0, 0.05) is 5.56 Å². The number of rotatable bonds is 8. The average molecular weight is 298 g/mol. The first-order valence-electron chi connectivity index (χ1n) is 7.46. The van der Waals surface area contributed by atoms with Crippen LogP contribution in [-0.2, 0) is 11.3 Å². The van der Waals surface area contributed by atoms with Crippen LogP contribution < -0.4 is 12.4 Å². The quantitative estimate of drug-likeness (QED) is 0.520. The van der Waals surface area contributed by atoms with Gasteiger partial charge in [0.1, 0.15) is 6.54 Å². The van der Waals surface area contributed by atoms with Crippen molar-refractivity contribution < 1.29 is 21.7 Å². The summed E-state index contributed by atoms with van der Waals surface area (Å²) in [6.45, 7) is 3.00. The fourth-order valence-corrected chi connectivity index (χ4v) is 2.31. The zero-order chi connectivity index (χ0) is 14.1. The summed E-state index contributed by atoms with van der Waals surface area (Å²) < 4.78 is 0.456. The third kappa shape index (κ3) is 7.06. The predicted molar refractivity (Wildman–Crippen MR) is 80.6 cm³/mol. The molecule has 0 radical (unpaired) electrons. The van der Waals surface area contributed by atoms with E-state index in [4.69, 9.17) is 0 Å². The summed E-state index contributed by atoms with van der Waals surface area (Å²) in [5.41, 5.74) is 1.23. The minimum absolute atomic E-state index is 0. The molecule has 114 valence electrons. The molecule has 0 aliphatic heterocycles. The molecule has 1 aromatic rings. The monoisotopic (exact) mass is 297 g/mol. The molecule has 0 unspecified atom stereocenters. The molecule has 0 saturated carbocycles. The van der Waals surface area contributed by atoms with Crippen molar-refractivity contribution in [1.29, 1.82) is 0 Å². The predicted octanol–water partition coefficient (Wildman–Crippen LogP) is 1.15. The molecule has 3 heteroatoms. The second-order valence-electron chi connectivity index (χ2n) is 5.89. The Morgan fingerprint density at radius 2 is 1.60 bits per heavy atom. The van der Waals surface area contributed by atoms with E-state index < -0.39 is 0 Å². The Balaban J connectivity index is 0.00000361. The Hall–Kier alpha value is -0.860. The normalized spacial score (nSPS) is 10.9. The Morgan fingerprint density at radius 1 is 1.00 bits per heavy atom. The topological polar surface area (TPSA) is 17.1 Å². The largest absolute Gasteiger partial charge is 1.00 e. The maximum Gasteiger partial charge on any atom is 0.313 e. The molecule has 0 aliphatic rings. The van der Waals surface area contributed by atoms with Gasteiger partial charge in [-0.3, -0.25) is 4.48 Å². The van der Waals surface area contributed by atoms with Crippen molar-refractivity contribution in [3.63, 3.8) is 0 Å². The Kier molecular flexibility index (Phi) is 9.52. The van der Waals surface area contributed by atoms with Crippen LogP contribution in [0.2, 0.25) is 0 Å². The number of nitrogens with zero attached hydrogens (tertiary/aromatic N) is 1. The number of hydrogen-bond donors (Lipinski definition) is 0. The molecular weight excluding hydrogens is 270 g/mol. The van der Waals surface area contributed by atoms with Crippen LogP contribution >= 0.6 is 0 Å². The highest BCUT2D eigenvalue weighted by Gasteiger charge is 2.25. The highest BCUT2D eigenvalue weighted by molar-refractivity contribution is 5.68. The molecule has 0 fully saturated rings. The summed E-state index contributed by atoms with van der Waals surface area (Å²) in [6, 6.07) is 10.3. The minimum atomic E-state index is 0. The summed E-state index contributed by atoms with van der Waals surface area (Å²) >= 11 is 0. The Bertz CT molecular complexity index is 376. The fraction of sp³-hybridized carbons (Fsp3) is 0.588. The van der Waals surface area contributed by atoms with Gasteiger partial charge in [0.2, 0.25) is 0 Å². The second kappa shape index (κ2) is 9.95. The van der Waals surface area contributed by atoms with Crippen molar-refractivity contribution in [1.82, 2.24) is 0 Å². The molecule has 0 saturated heterocycles. The number of halogens is 1. The summed E-state index contributed by atoms with van der Waals surface area (Å²) in [5, 5.41) is 0. The van der Waals surface area contributed by atoms with Crippen LogP contribution in [0.1, 0.15) is 51.0 Å². The number of quaternary nitrogens is 1. The van der Waals surface area contributed by atoms with Gasteiger partial charge in [0.05, 0.1) is 20.5 Å². The molecule has 2 nitrogen and oxygen atoms in total. The van der Waals surface area contributed by atoms with Crippen LogP contribution in [0.5, 0.6) is 0 Å². The Morgan fingerprint density at radius 3 is 2.20 bits per heavy atom. The molecule has 0 heterocycles. The standard InChI is InChI=1S/C17H28NO.ClH/c1-4-5-6-7-11-14-17(19)18(2,3)15-16-12-9-8-10-13-16;/h8-10,12-13H,4-7,11,14-15H2,1-3H3;1H/q+1;/p-1. The molecular formula is C17H28ClNO. The number of carbonyl (C=O) groups is 1. The fourth-order valence-electron chi connectivity index (χ4n) is 2.31. The van der Waals surface area contributed by atoms with Gasteiger partial charge in [-0.25, -0.2) is 4.79 Å². The smallest absolute Gasteiger partial charge is 0.313 e. The molecule has 0 N–H and O–H groups in total. The van der Waals surface area contributed by atoms with Crippen LogP contribution in [0.15, 0.2) is 30.3 Å². The third-order valence-corrected chi connectivity index (χ3v) is 3.59. The molecule has 0 spiro atoms. The lowest BCUT2D eigenvalue weighted by Gasteiger charge is -2.27. The maximum atomic E-state index is 12.3. The van der Waals surface area contributed by atoms with Crippen LogP contribution in [0.25, 0.3) is 0 Å². The summed E-state index contributed by atoms with van der Waals surface area (Å²) in [6.07, 6.45) is 6.74. The first kappa shape index (κ1) is 19.1. The van der Waals surface area contributed by atoms with Crippen molar-refractivity contribution >= 4 is 5.91 Å². The van der Waals surface area contributed by atoms with Gasteiger partial charge in [-0.1, -0.05) is 62.9 Å². The van der Waals surface area contributed by atoms with Crippen LogP contribution in [-0.4, -0.2) is 24.5 Å². The zero-order valence-corrected chi connectivity index (χ0v) is 13.8. The summed E-state index contributed by atoms with van der Waals surface area (Å²) in [5.74, 6) is 0.348. The van der Waals surface area contributed by atoms with E-state index in [1.165, 1.54) is 31.2 Å². The van der Waals surface area contributed by atoms with E-state index in [0.29, 0.717) is 16.8 Å². The van der Waals surface area contributed by atoms with E-state index in [1.54, 1.807) is 0 Å². The van der Waals surface area contributed by atoms with Gasteiger partial charge in [-0.2, -0.15) is 0 Å². The molecule has 0 atom stereocenters. The molecule has 20 heavy (non-hydrogen) atoms. The first-order valence-corrected chi connectivity index (χ1v) is 7.46. The van der Waals surface area contributed by atoms with Crippen molar-refractivity contribution in [3.05, 3.63) is 35.9 Å². The molecule has 1 amide bonds. The lowest BCUT2D eigenvalue weighted by atomic mass is 10.1. The van der Waals surface area contributed by atoms with Gasteiger partial charge < -0.3 is 12.4 Å². The number of amides is 1. The average Bonchev–Trinajstić information content (AvgIpc) is 2.39. The van der Waals surface area contributed by atoms with Gasteiger partial charge >= 0.3 is 5.91 Å². The summed E-state index contributed by atoms with van der Waals surface area (Å²) in [7, 11) is 4.03. The van der Waals surface area contributed by atoms with E-state index in [1.807, 2.05) is 32.3 Å². The molecule has 1 aromatic carbocycles. The minimum Gasteiger partial charge on any atom is -1.00 e. The number of benzene rings is 1. The molecule has 0 aromatic heterocycles. The second-order valence-corrected chi connectivity index (χ2v) is 5.89. The van der Waals surface area contributed by atoms with Gasteiger partial charge in [0.15, 0.2) is 0 Å². The van der Waals surface area contributed by atoms with Crippen LogP contribution in [0.3, 0.4) is 0 Å². The van der Waals surface area contributed by atoms with Crippen molar-refractivity contribution in [3.8, 4) is 0 Å². The van der Waals surface area contributed by atoms with Gasteiger partial charge in [0.25, 0.3) is 0 Å². The van der Waals surface area contributed by atoms with E-state index in [-0.39, 0.29) is 12.4 Å². The van der Waals surface area contributed by atoms with E-state index >= 15 is 0 Å². The highest BCUT2D eigenvalue weighted by Crippen LogP contribution is 2.14. The zero-order valence-electron chi connectivity index (χ0n) is 13.1. The number of unbranched alkanes of at least 4 members (excludes halogenated alkanes) is 4. The maximum absolute atomic E-state index is 12.3. The summed E-state index contributed by atoms with van der Waals surface area (Å²) in [4.78, 5) is 12.3. The third-order valence-electron chi connectivity index (χ3n) is 3.59.